The van der Waals surface area contributed by atoms with Crippen LogP contribution >= 0.6 is 0 Å². The second-order valence-electron chi connectivity index (χ2n) is 5.33. The van der Waals surface area contributed by atoms with E-state index < -0.39 is 0 Å². The largest absolute Gasteiger partial charge is 0.356 e. The molecule has 108 valence electrons. The van der Waals surface area contributed by atoms with Crippen molar-refractivity contribution in [2.24, 2.45) is 5.92 Å². The smallest absolute Gasteiger partial charge is 0.147 e. The number of aromatic nitrogens is 2. The maximum Gasteiger partial charge on any atom is 0.147 e. The predicted octanol–water partition coefficient (Wildman–Crippen LogP) is 2.85. The summed E-state index contributed by atoms with van der Waals surface area (Å²) in [6.07, 6.45) is 6.13. The number of unbranched alkanes of at least 4 members (excludes halogenated alkanes) is 1. The molecule has 0 bridgehead atoms. The first-order valence-corrected chi connectivity index (χ1v) is 7.43. The van der Waals surface area contributed by atoms with Gasteiger partial charge in [0.15, 0.2) is 0 Å². The Morgan fingerprint density at radius 2 is 2.05 bits per heavy atom. The third kappa shape index (κ3) is 6.01. The fourth-order valence-corrected chi connectivity index (χ4v) is 1.90. The van der Waals surface area contributed by atoms with Crippen molar-refractivity contribution in [2.75, 3.05) is 24.5 Å². The molecule has 0 radical (unpaired) electrons. The van der Waals surface area contributed by atoms with Crippen LogP contribution in [0.3, 0.4) is 0 Å². The Kier molecular flexibility index (Phi) is 7.41. The van der Waals surface area contributed by atoms with E-state index in [1.165, 1.54) is 12.8 Å². The highest BCUT2D eigenvalue weighted by atomic mass is 15.2. The van der Waals surface area contributed by atoms with Gasteiger partial charge >= 0.3 is 0 Å². The van der Waals surface area contributed by atoms with Crippen LogP contribution < -0.4 is 10.2 Å². The van der Waals surface area contributed by atoms with Gasteiger partial charge in [0.1, 0.15) is 5.82 Å². The number of rotatable bonds is 9. The molecule has 0 aliphatic heterocycles. The normalized spacial score (nSPS) is 11.0. The molecule has 1 aromatic rings. The van der Waals surface area contributed by atoms with Crippen LogP contribution in [0.25, 0.3) is 0 Å². The first kappa shape index (κ1) is 15.9. The topological polar surface area (TPSA) is 41.1 Å². The summed E-state index contributed by atoms with van der Waals surface area (Å²) in [5.74, 6) is 1.66. The minimum absolute atomic E-state index is 0.660. The van der Waals surface area contributed by atoms with Crippen LogP contribution in [0.5, 0.6) is 0 Å². The molecule has 0 saturated carbocycles. The van der Waals surface area contributed by atoms with E-state index in [4.69, 9.17) is 4.98 Å². The second-order valence-corrected chi connectivity index (χ2v) is 5.33. The summed E-state index contributed by atoms with van der Waals surface area (Å²) in [5, 5.41) is 3.41. The molecule has 0 atom stereocenters. The van der Waals surface area contributed by atoms with Crippen LogP contribution in [0.4, 0.5) is 5.82 Å². The lowest BCUT2D eigenvalue weighted by Gasteiger charge is -2.21. The van der Waals surface area contributed by atoms with Gasteiger partial charge in [0.2, 0.25) is 0 Å². The van der Waals surface area contributed by atoms with Crippen molar-refractivity contribution in [3.63, 3.8) is 0 Å². The predicted molar refractivity (Wildman–Crippen MR) is 81.4 cm³/mol. The molecule has 1 N–H and O–H groups in total. The molecule has 4 heteroatoms. The Bertz CT molecular complexity index is 352. The Balaban J connectivity index is 2.58. The lowest BCUT2D eigenvalue weighted by atomic mass is 10.2. The van der Waals surface area contributed by atoms with E-state index in [0.717, 1.165) is 37.7 Å². The monoisotopic (exact) mass is 264 g/mol. The van der Waals surface area contributed by atoms with E-state index >= 15 is 0 Å². The van der Waals surface area contributed by atoms with Gasteiger partial charge in [0, 0.05) is 25.8 Å². The molecule has 0 fully saturated rings. The summed E-state index contributed by atoms with van der Waals surface area (Å²) in [4.78, 5) is 11.3. The van der Waals surface area contributed by atoms with Gasteiger partial charge < -0.3 is 10.2 Å². The first-order valence-electron chi connectivity index (χ1n) is 7.43. The van der Waals surface area contributed by atoms with Crippen LogP contribution in [0.1, 0.15) is 46.2 Å². The summed E-state index contributed by atoms with van der Waals surface area (Å²) in [5.41, 5.74) is 1.02. The Morgan fingerprint density at radius 3 is 2.68 bits per heavy atom. The molecule has 1 heterocycles. The van der Waals surface area contributed by atoms with Crippen molar-refractivity contribution >= 4 is 5.82 Å². The standard InChI is InChI=1S/C15H28N4/c1-5-7-8-19(6-2)15-12-17-11-14(18-15)10-16-9-13(3)4/h11-13,16H,5-10H2,1-4H3. The third-order valence-corrected chi connectivity index (χ3v) is 3.02. The maximum absolute atomic E-state index is 4.69. The van der Waals surface area contributed by atoms with Gasteiger partial charge in [-0.15, -0.1) is 0 Å². The molecule has 1 aromatic heterocycles. The molecular formula is C15H28N4. The van der Waals surface area contributed by atoms with E-state index in [9.17, 15) is 0 Å². The molecule has 19 heavy (non-hydrogen) atoms. The van der Waals surface area contributed by atoms with Gasteiger partial charge in [0.05, 0.1) is 11.9 Å². The van der Waals surface area contributed by atoms with E-state index in [1.807, 2.05) is 12.4 Å². The highest BCUT2D eigenvalue weighted by Gasteiger charge is 2.06. The average molecular weight is 264 g/mol. The molecular weight excluding hydrogens is 236 g/mol. The quantitative estimate of drug-likeness (QED) is 0.744. The van der Waals surface area contributed by atoms with Gasteiger partial charge in [-0.2, -0.15) is 0 Å². The number of hydrogen-bond acceptors (Lipinski definition) is 4. The zero-order valence-corrected chi connectivity index (χ0v) is 12.8. The summed E-state index contributed by atoms with van der Waals surface area (Å²) < 4.78 is 0. The Morgan fingerprint density at radius 1 is 1.26 bits per heavy atom. The number of hydrogen-bond donors (Lipinski definition) is 1. The lowest BCUT2D eigenvalue weighted by Crippen LogP contribution is -2.26. The lowest BCUT2D eigenvalue weighted by molar-refractivity contribution is 0.547. The van der Waals surface area contributed by atoms with Gasteiger partial charge in [-0.25, -0.2) is 4.98 Å². The zero-order valence-electron chi connectivity index (χ0n) is 12.8. The Hall–Kier alpha value is -1.16. The summed E-state index contributed by atoms with van der Waals surface area (Å²) in [7, 11) is 0. The molecule has 1 rings (SSSR count). The molecule has 0 aliphatic carbocycles. The van der Waals surface area contributed by atoms with Crippen LogP contribution in [0, 0.1) is 5.92 Å². The molecule has 0 aliphatic rings. The molecule has 0 amide bonds. The highest BCUT2D eigenvalue weighted by molar-refractivity contribution is 5.35. The summed E-state index contributed by atoms with van der Waals surface area (Å²) >= 11 is 0. The minimum Gasteiger partial charge on any atom is -0.356 e. The minimum atomic E-state index is 0.660. The van der Waals surface area contributed by atoms with E-state index in [2.05, 4.69) is 42.9 Å². The molecule has 0 saturated heterocycles. The van der Waals surface area contributed by atoms with Gasteiger partial charge in [-0.3, -0.25) is 4.98 Å². The van der Waals surface area contributed by atoms with Crippen molar-refractivity contribution in [3.8, 4) is 0 Å². The zero-order chi connectivity index (χ0) is 14.1. The van der Waals surface area contributed by atoms with Gasteiger partial charge in [-0.05, 0) is 25.8 Å². The van der Waals surface area contributed by atoms with Crippen molar-refractivity contribution in [1.29, 1.82) is 0 Å². The third-order valence-electron chi connectivity index (χ3n) is 3.02. The molecule has 0 spiro atoms. The molecule has 0 aromatic carbocycles. The van der Waals surface area contributed by atoms with Crippen LogP contribution in [0.2, 0.25) is 0 Å². The van der Waals surface area contributed by atoms with E-state index in [0.29, 0.717) is 5.92 Å². The van der Waals surface area contributed by atoms with Gasteiger partial charge in [-0.1, -0.05) is 27.2 Å². The van der Waals surface area contributed by atoms with E-state index in [-0.39, 0.29) is 0 Å². The summed E-state index contributed by atoms with van der Waals surface area (Å²) in [6.45, 7) is 12.6. The number of nitrogens with zero attached hydrogens (tertiary/aromatic N) is 3. The van der Waals surface area contributed by atoms with E-state index in [1.54, 1.807) is 0 Å². The first-order chi connectivity index (χ1) is 9.17. The summed E-state index contributed by atoms with van der Waals surface area (Å²) in [6, 6.07) is 0. The second kappa shape index (κ2) is 8.86. The molecule has 0 unspecified atom stereocenters. The van der Waals surface area contributed by atoms with Crippen molar-refractivity contribution < 1.29 is 0 Å². The average Bonchev–Trinajstić information content (AvgIpc) is 2.40. The van der Waals surface area contributed by atoms with Gasteiger partial charge in [0.25, 0.3) is 0 Å². The van der Waals surface area contributed by atoms with Crippen LogP contribution in [-0.4, -0.2) is 29.6 Å². The fraction of sp³-hybridized carbons (Fsp3) is 0.733. The van der Waals surface area contributed by atoms with Crippen LogP contribution in [-0.2, 0) is 6.54 Å². The van der Waals surface area contributed by atoms with Crippen LogP contribution in [0.15, 0.2) is 12.4 Å². The van der Waals surface area contributed by atoms with Crippen molar-refractivity contribution in [1.82, 2.24) is 15.3 Å². The number of anilines is 1. The van der Waals surface area contributed by atoms with Crippen molar-refractivity contribution in [3.05, 3.63) is 18.1 Å². The fourth-order valence-electron chi connectivity index (χ4n) is 1.90. The molecule has 4 nitrogen and oxygen atoms in total. The Labute approximate surface area is 117 Å². The number of nitrogens with one attached hydrogen (secondary N) is 1. The SMILES string of the molecule is CCCCN(CC)c1cncc(CNCC(C)C)n1. The highest BCUT2D eigenvalue weighted by Crippen LogP contribution is 2.10. The maximum atomic E-state index is 4.69. The van der Waals surface area contributed by atoms with Crippen molar-refractivity contribution in [2.45, 2.75) is 47.1 Å².